The van der Waals surface area contributed by atoms with Gasteiger partial charge in [0.2, 0.25) is 5.91 Å². The predicted molar refractivity (Wildman–Crippen MR) is 78.2 cm³/mol. The summed E-state index contributed by atoms with van der Waals surface area (Å²) in [4.78, 5) is 24.3. The molecule has 0 aromatic rings. The second kappa shape index (κ2) is 10.9. The first-order valence-corrected chi connectivity index (χ1v) is 6.96. The molecule has 0 saturated carbocycles. The van der Waals surface area contributed by atoms with E-state index >= 15 is 0 Å². The van der Waals surface area contributed by atoms with Gasteiger partial charge in [-0.15, -0.1) is 12.4 Å². The van der Waals surface area contributed by atoms with Crippen LogP contribution in [-0.4, -0.2) is 60.8 Å². The van der Waals surface area contributed by atoms with E-state index in [-0.39, 0.29) is 24.9 Å². The second-order valence-corrected chi connectivity index (χ2v) is 4.78. The van der Waals surface area contributed by atoms with Gasteiger partial charge in [0, 0.05) is 13.2 Å². The summed E-state index contributed by atoms with van der Waals surface area (Å²) >= 11 is 0. The third-order valence-electron chi connectivity index (χ3n) is 3.21. The van der Waals surface area contributed by atoms with Crippen LogP contribution in [0, 0.1) is 0 Å². The number of hydrogen-bond acceptors (Lipinski definition) is 4. The predicted octanol–water partition coefficient (Wildman–Crippen LogP) is 0.890. The average Bonchev–Trinajstić information content (AvgIpc) is 2.81. The highest BCUT2D eigenvalue weighted by Crippen LogP contribution is 2.16. The first kappa shape index (κ1) is 19.1. The van der Waals surface area contributed by atoms with Crippen molar-refractivity contribution in [1.82, 2.24) is 10.2 Å². The molecule has 1 heterocycles. The third kappa shape index (κ3) is 7.07. The fourth-order valence-corrected chi connectivity index (χ4v) is 2.15. The van der Waals surface area contributed by atoms with Crippen molar-refractivity contribution in [2.24, 2.45) is 0 Å². The lowest BCUT2D eigenvalue weighted by molar-refractivity contribution is -0.142. The standard InChI is InChI=1S/C13H24N2O4.ClH/c1-2-3-8-19-9-6-14-12(16)10-15-7-4-5-11(15)13(17)18;/h11H,2-10H2,1H3,(H,14,16)(H,17,18);1H/t11-;/m0./s1. The lowest BCUT2D eigenvalue weighted by Gasteiger charge is -2.20. The molecule has 0 aromatic heterocycles. The van der Waals surface area contributed by atoms with Crippen LogP contribution in [0.25, 0.3) is 0 Å². The average molecular weight is 309 g/mol. The summed E-state index contributed by atoms with van der Waals surface area (Å²) < 4.78 is 5.33. The van der Waals surface area contributed by atoms with Crippen molar-refractivity contribution >= 4 is 24.3 Å². The molecule has 0 unspecified atom stereocenters. The molecule has 6 nitrogen and oxygen atoms in total. The Morgan fingerprint density at radius 1 is 1.40 bits per heavy atom. The van der Waals surface area contributed by atoms with Crippen LogP contribution >= 0.6 is 12.4 Å². The minimum atomic E-state index is -0.840. The van der Waals surface area contributed by atoms with Crippen molar-refractivity contribution in [1.29, 1.82) is 0 Å². The molecule has 0 bridgehead atoms. The highest BCUT2D eigenvalue weighted by molar-refractivity contribution is 5.85. The molecule has 1 fully saturated rings. The Hall–Kier alpha value is -0.850. The van der Waals surface area contributed by atoms with Gasteiger partial charge in [-0.25, -0.2) is 0 Å². The Morgan fingerprint density at radius 2 is 2.15 bits per heavy atom. The number of carbonyl (C=O) groups is 2. The number of carboxylic acid groups (broad SMARTS) is 1. The molecule has 2 N–H and O–H groups in total. The van der Waals surface area contributed by atoms with Crippen molar-refractivity contribution in [2.75, 3.05) is 32.8 Å². The zero-order valence-electron chi connectivity index (χ0n) is 12.0. The molecule has 1 atom stereocenters. The van der Waals surface area contributed by atoms with Crippen LogP contribution in [0.15, 0.2) is 0 Å². The van der Waals surface area contributed by atoms with E-state index in [4.69, 9.17) is 9.84 Å². The Kier molecular flexibility index (Phi) is 10.4. The number of halogens is 1. The van der Waals surface area contributed by atoms with Gasteiger partial charge >= 0.3 is 5.97 Å². The molecule has 7 heteroatoms. The van der Waals surface area contributed by atoms with Crippen LogP contribution < -0.4 is 5.32 Å². The van der Waals surface area contributed by atoms with Crippen LogP contribution in [0.4, 0.5) is 0 Å². The molecule has 1 saturated heterocycles. The largest absolute Gasteiger partial charge is 0.480 e. The van der Waals surface area contributed by atoms with Gasteiger partial charge in [0.1, 0.15) is 6.04 Å². The monoisotopic (exact) mass is 308 g/mol. The van der Waals surface area contributed by atoms with Gasteiger partial charge < -0.3 is 15.2 Å². The van der Waals surface area contributed by atoms with Crippen LogP contribution in [0.1, 0.15) is 32.6 Å². The molecule has 20 heavy (non-hydrogen) atoms. The lowest BCUT2D eigenvalue weighted by Crippen LogP contribution is -2.43. The Balaban J connectivity index is 0.00000361. The summed E-state index contributed by atoms with van der Waals surface area (Å²) in [6.45, 7) is 4.64. The number of carbonyl (C=O) groups excluding carboxylic acids is 1. The minimum absolute atomic E-state index is 0. The highest BCUT2D eigenvalue weighted by atomic mass is 35.5. The summed E-state index contributed by atoms with van der Waals surface area (Å²) in [5.74, 6) is -0.972. The number of rotatable bonds is 9. The molecule has 118 valence electrons. The Labute approximate surface area is 126 Å². The molecule has 1 aliphatic rings. The fraction of sp³-hybridized carbons (Fsp3) is 0.846. The summed E-state index contributed by atoms with van der Waals surface area (Å²) in [5, 5.41) is 11.7. The second-order valence-electron chi connectivity index (χ2n) is 4.78. The number of nitrogens with zero attached hydrogens (tertiary/aromatic N) is 1. The third-order valence-corrected chi connectivity index (χ3v) is 3.21. The summed E-state index contributed by atoms with van der Waals surface area (Å²) in [6, 6.07) is -0.508. The van der Waals surface area contributed by atoms with Crippen LogP contribution in [0.5, 0.6) is 0 Å². The minimum Gasteiger partial charge on any atom is -0.480 e. The molecule has 0 spiro atoms. The van der Waals surface area contributed by atoms with Gasteiger partial charge in [-0.3, -0.25) is 14.5 Å². The summed E-state index contributed by atoms with van der Waals surface area (Å²) in [6.07, 6.45) is 3.59. The van der Waals surface area contributed by atoms with Gasteiger partial charge in [0.25, 0.3) is 0 Å². The normalized spacial score (nSPS) is 18.6. The molecule has 1 rings (SSSR count). The summed E-state index contributed by atoms with van der Waals surface area (Å²) in [7, 11) is 0. The molecular formula is C13H25ClN2O4. The maximum atomic E-state index is 11.7. The van der Waals surface area contributed by atoms with Crippen LogP contribution in [0.3, 0.4) is 0 Å². The number of hydrogen-bond donors (Lipinski definition) is 2. The van der Waals surface area contributed by atoms with Crippen molar-refractivity contribution in [3.8, 4) is 0 Å². The molecule has 1 aliphatic heterocycles. The van der Waals surface area contributed by atoms with E-state index in [1.54, 1.807) is 4.90 Å². The quantitative estimate of drug-likeness (QED) is 0.619. The van der Waals surface area contributed by atoms with E-state index in [0.717, 1.165) is 25.9 Å². The van der Waals surface area contributed by atoms with E-state index < -0.39 is 12.0 Å². The molecule has 1 amide bonds. The van der Waals surface area contributed by atoms with Gasteiger partial charge in [-0.05, 0) is 25.8 Å². The molecule has 0 aromatic carbocycles. The maximum absolute atomic E-state index is 11.7. The summed E-state index contributed by atoms with van der Waals surface area (Å²) in [5.41, 5.74) is 0. The van der Waals surface area contributed by atoms with E-state index in [1.807, 2.05) is 0 Å². The molecule has 0 aliphatic carbocycles. The van der Waals surface area contributed by atoms with Crippen molar-refractivity contribution in [2.45, 2.75) is 38.6 Å². The number of ether oxygens (including phenoxy) is 1. The van der Waals surface area contributed by atoms with Gasteiger partial charge in [-0.1, -0.05) is 13.3 Å². The van der Waals surface area contributed by atoms with E-state index in [1.165, 1.54) is 0 Å². The van der Waals surface area contributed by atoms with E-state index in [0.29, 0.717) is 26.1 Å². The fourth-order valence-electron chi connectivity index (χ4n) is 2.15. The smallest absolute Gasteiger partial charge is 0.320 e. The number of unbranched alkanes of at least 4 members (excludes halogenated alkanes) is 1. The van der Waals surface area contributed by atoms with Crippen molar-refractivity contribution in [3.63, 3.8) is 0 Å². The zero-order valence-corrected chi connectivity index (χ0v) is 12.8. The lowest BCUT2D eigenvalue weighted by atomic mass is 10.2. The molecular weight excluding hydrogens is 284 g/mol. The number of carboxylic acids is 1. The topological polar surface area (TPSA) is 78.9 Å². The number of aliphatic carboxylic acids is 1. The van der Waals surface area contributed by atoms with Gasteiger partial charge in [-0.2, -0.15) is 0 Å². The number of likely N-dealkylation sites (tertiary alicyclic amines) is 1. The first-order valence-electron chi connectivity index (χ1n) is 6.96. The van der Waals surface area contributed by atoms with Crippen molar-refractivity contribution in [3.05, 3.63) is 0 Å². The van der Waals surface area contributed by atoms with Gasteiger partial charge in [0.05, 0.1) is 13.2 Å². The highest BCUT2D eigenvalue weighted by Gasteiger charge is 2.31. The first-order chi connectivity index (χ1) is 9.15. The van der Waals surface area contributed by atoms with E-state index in [9.17, 15) is 9.59 Å². The Bertz CT molecular complexity index is 302. The van der Waals surface area contributed by atoms with Crippen LogP contribution in [0.2, 0.25) is 0 Å². The van der Waals surface area contributed by atoms with E-state index in [2.05, 4.69) is 12.2 Å². The number of amides is 1. The SMILES string of the molecule is CCCCOCCNC(=O)CN1CCC[C@H]1C(=O)O.Cl. The zero-order chi connectivity index (χ0) is 14.1. The van der Waals surface area contributed by atoms with Crippen LogP contribution in [-0.2, 0) is 14.3 Å². The van der Waals surface area contributed by atoms with Crippen molar-refractivity contribution < 1.29 is 19.4 Å². The Morgan fingerprint density at radius 3 is 2.80 bits per heavy atom. The number of nitrogens with one attached hydrogen (secondary N) is 1. The molecule has 0 radical (unpaired) electrons. The van der Waals surface area contributed by atoms with Gasteiger partial charge in [0.15, 0.2) is 0 Å². The maximum Gasteiger partial charge on any atom is 0.320 e.